The Morgan fingerprint density at radius 1 is 1.11 bits per heavy atom. The van der Waals surface area contributed by atoms with Gasteiger partial charge in [-0.3, -0.25) is 4.79 Å². The van der Waals surface area contributed by atoms with E-state index in [2.05, 4.69) is 10.6 Å². The summed E-state index contributed by atoms with van der Waals surface area (Å²) in [5.74, 6) is 1.60. The van der Waals surface area contributed by atoms with Crippen LogP contribution < -0.4 is 25.0 Å². The van der Waals surface area contributed by atoms with E-state index in [1.54, 1.807) is 38.5 Å². The second-order valence-corrected chi connectivity index (χ2v) is 9.24. The first-order valence-corrected chi connectivity index (χ1v) is 12.3. The Kier molecular flexibility index (Phi) is 6.97. The number of anilines is 3. The van der Waals surface area contributed by atoms with Gasteiger partial charge in [-0.05, 0) is 43.7 Å². The molecule has 3 aromatic rings. The van der Waals surface area contributed by atoms with Gasteiger partial charge >= 0.3 is 0 Å². The lowest BCUT2D eigenvalue weighted by atomic mass is 10.2. The highest BCUT2D eigenvalue weighted by Gasteiger charge is 2.30. The van der Waals surface area contributed by atoms with Gasteiger partial charge in [0.2, 0.25) is 11.9 Å². The van der Waals surface area contributed by atoms with Crippen LogP contribution >= 0.6 is 11.6 Å². The van der Waals surface area contributed by atoms with Crippen molar-refractivity contribution < 1.29 is 18.7 Å². The normalized spacial score (nSPS) is 17.9. The van der Waals surface area contributed by atoms with Crippen LogP contribution in [0.15, 0.2) is 30.3 Å². The van der Waals surface area contributed by atoms with E-state index in [1.165, 1.54) is 6.07 Å². The lowest BCUT2D eigenvalue weighted by Crippen LogP contribution is -2.53. The fourth-order valence-electron chi connectivity index (χ4n) is 4.64. The molecule has 2 N–H and O–H groups in total. The number of carbonyl (C=O) groups excluding carboxylic acids is 1. The number of halogens is 2. The highest BCUT2D eigenvalue weighted by molar-refractivity contribution is 6.30. The third-order valence-corrected chi connectivity index (χ3v) is 6.84. The molecule has 2 aromatic carbocycles. The van der Waals surface area contributed by atoms with Crippen LogP contribution in [0.1, 0.15) is 12.8 Å². The molecule has 0 radical (unpaired) electrons. The smallest absolute Gasteiger partial charge is 0.239 e. The molecule has 1 unspecified atom stereocenters. The van der Waals surface area contributed by atoms with Crippen molar-refractivity contribution in [3.8, 4) is 11.5 Å². The maximum Gasteiger partial charge on any atom is 0.239 e. The first-order valence-electron chi connectivity index (χ1n) is 11.9. The molecule has 9 nitrogen and oxygen atoms in total. The van der Waals surface area contributed by atoms with Crippen LogP contribution in [-0.4, -0.2) is 73.8 Å². The molecule has 1 aromatic heterocycles. The van der Waals surface area contributed by atoms with Crippen molar-refractivity contribution in [3.05, 3.63) is 41.2 Å². The number of ether oxygens (including phenoxy) is 2. The zero-order valence-electron chi connectivity index (χ0n) is 20.2. The maximum atomic E-state index is 14.6. The molecule has 2 aliphatic heterocycles. The zero-order valence-corrected chi connectivity index (χ0v) is 20.9. The molecule has 3 heterocycles. The van der Waals surface area contributed by atoms with E-state index >= 15 is 0 Å². The summed E-state index contributed by atoms with van der Waals surface area (Å²) in [6.07, 6.45) is 1.91. The Morgan fingerprint density at radius 3 is 2.53 bits per heavy atom. The minimum absolute atomic E-state index is 0.0824. The van der Waals surface area contributed by atoms with Crippen LogP contribution in [0.4, 0.5) is 21.8 Å². The average molecular weight is 515 g/mol. The molecule has 2 saturated heterocycles. The van der Waals surface area contributed by atoms with Gasteiger partial charge in [-0.2, -0.15) is 4.98 Å². The average Bonchev–Trinajstić information content (AvgIpc) is 3.44. The molecular formula is C25H28ClFN6O3. The summed E-state index contributed by atoms with van der Waals surface area (Å²) >= 11 is 5.93. The first kappa shape index (κ1) is 24.3. The number of nitrogens with zero attached hydrogens (tertiary/aromatic N) is 4. The second-order valence-electron chi connectivity index (χ2n) is 8.81. The molecule has 0 saturated carbocycles. The molecule has 1 amide bonds. The summed E-state index contributed by atoms with van der Waals surface area (Å²) in [4.78, 5) is 26.3. The van der Waals surface area contributed by atoms with Crippen molar-refractivity contribution in [2.75, 3.05) is 57.2 Å². The molecule has 0 bridgehead atoms. The van der Waals surface area contributed by atoms with Gasteiger partial charge in [0.15, 0.2) is 11.5 Å². The SMILES string of the molecule is COc1cc2nc(N3CCN(C(=O)C4CCCN4)CC3)nc(Nc3ccc(Cl)cc3F)c2cc1OC. The molecule has 11 heteroatoms. The van der Waals surface area contributed by atoms with E-state index < -0.39 is 5.82 Å². The first-order chi connectivity index (χ1) is 17.5. The van der Waals surface area contributed by atoms with Gasteiger partial charge in [-0.25, -0.2) is 9.37 Å². The molecule has 1 atom stereocenters. The standard InChI is InChI=1S/C25H28ClFN6O3/c1-35-21-13-16-20(14-22(21)36-2)30-25(31-23(16)29-18-6-5-15(26)12-17(18)27)33-10-8-32(9-11-33)24(34)19-4-3-7-28-19/h5-6,12-14,19,28H,3-4,7-11H2,1-2H3,(H,29,30,31). The third kappa shape index (κ3) is 4.83. The molecule has 2 fully saturated rings. The van der Waals surface area contributed by atoms with Crippen molar-refractivity contribution in [2.45, 2.75) is 18.9 Å². The van der Waals surface area contributed by atoms with E-state index in [1.807, 2.05) is 9.80 Å². The van der Waals surface area contributed by atoms with E-state index in [4.69, 9.17) is 31.0 Å². The third-order valence-electron chi connectivity index (χ3n) is 6.61. The highest BCUT2D eigenvalue weighted by atomic mass is 35.5. The van der Waals surface area contributed by atoms with Gasteiger partial charge < -0.3 is 29.9 Å². The van der Waals surface area contributed by atoms with Gasteiger partial charge in [0.1, 0.15) is 11.6 Å². The fraction of sp³-hybridized carbons (Fsp3) is 0.400. The predicted octanol–water partition coefficient (Wildman–Crippen LogP) is 3.58. The number of methoxy groups -OCH3 is 2. The van der Waals surface area contributed by atoms with Gasteiger partial charge in [0, 0.05) is 42.7 Å². The summed E-state index contributed by atoms with van der Waals surface area (Å²) < 4.78 is 25.5. The quantitative estimate of drug-likeness (QED) is 0.516. The van der Waals surface area contributed by atoms with E-state index in [-0.39, 0.29) is 17.6 Å². The molecule has 5 rings (SSSR count). The number of rotatable bonds is 6. The van der Waals surface area contributed by atoms with E-state index in [9.17, 15) is 9.18 Å². The summed E-state index contributed by atoms with van der Waals surface area (Å²) in [7, 11) is 3.11. The Labute approximate surface area is 213 Å². The summed E-state index contributed by atoms with van der Waals surface area (Å²) in [5, 5.41) is 7.32. The summed E-state index contributed by atoms with van der Waals surface area (Å²) in [6.45, 7) is 3.23. The number of amides is 1. The topological polar surface area (TPSA) is 91.9 Å². The van der Waals surface area contributed by atoms with Crippen LogP contribution in [0.25, 0.3) is 10.9 Å². The van der Waals surface area contributed by atoms with Gasteiger partial charge in [-0.15, -0.1) is 0 Å². The number of benzene rings is 2. The summed E-state index contributed by atoms with van der Waals surface area (Å²) in [5.41, 5.74) is 0.850. The van der Waals surface area contributed by atoms with E-state index in [0.29, 0.717) is 65.4 Å². The monoisotopic (exact) mass is 514 g/mol. The Bertz CT molecular complexity index is 1280. The minimum Gasteiger partial charge on any atom is -0.493 e. The minimum atomic E-state index is -0.496. The van der Waals surface area contributed by atoms with Crippen molar-refractivity contribution in [1.82, 2.24) is 20.2 Å². The molecule has 0 aliphatic carbocycles. The predicted molar refractivity (Wildman–Crippen MR) is 137 cm³/mol. The molecule has 2 aliphatic rings. The number of nitrogens with one attached hydrogen (secondary N) is 2. The number of fused-ring (bicyclic) bond motifs is 1. The largest absolute Gasteiger partial charge is 0.493 e. The van der Waals surface area contributed by atoms with Crippen LogP contribution in [0.2, 0.25) is 5.02 Å². The Balaban J connectivity index is 1.47. The van der Waals surface area contributed by atoms with Crippen LogP contribution in [0.3, 0.4) is 0 Å². The van der Waals surface area contributed by atoms with Crippen molar-refractivity contribution in [3.63, 3.8) is 0 Å². The number of carbonyl (C=O) groups is 1. The number of hydrogen-bond acceptors (Lipinski definition) is 8. The van der Waals surface area contributed by atoms with Gasteiger partial charge in [0.05, 0.1) is 31.5 Å². The maximum absolute atomic E-state index is 14.6. The van der Waals surface area contributed by atoms with Gasteiger partial charge in [-0.1, -0.05) is 11.6 Å². The molecular weight excluding hydrogens is 487 g/mol. The highest BCUT2D eigenvalue weighted by Crippen LogP contribution is 2.36. The van der Waals surface area contributed by atoms with Crippen molar-refractivity contribution in [1.29, 1.82) is 0 Å². The van der Waals surface area contributed by atoms with Crippen molar-refractivity contribution >= 4 is 45.9 Å². The summed E-state index contributed by atoms with van der Waals surface area (Å²) in [6, 6.07) is 7.87. The van der Waals surface area contributed by atoms with Crippen LogP contribution in [-0.2, 0) is 4.79 Å². The Hall–Kier alpha value is -3.37. The molecule has 36 heavy (non-hydrogen) atoms. The fourth-order valence-corrected chi connectivity index (χ4v) is 4.80. The zero-order chi connectivity index (χ0) is 25.2. The number of hydrogen-bond donors (Lipinski definition) is 2. The van der Waals surface area contributed by atoms with Crippen molar-refractivity contribution in [2.24, 2.45) is 0 Å². The lowest BCUT2D eigenvalue weighted by molar-refractivity contribution is -0.133. The van der Waals surface area contributed by atoms with Crippen LogP contribution in [0.5, 0.6) is 11.5 Å². The lowest BCUT2D eigenvalue weighted by Gasteiger charge is -2.36. The molecule has 190 valence electrons. The van der Waals surface area contributed by atoms with Crippen LogP contribution in [0, 0.1) is 5.82 Å². The van der Waals surface area contributed by atoms with E-state index in [0.717, 1.165) is 19.4 Å². The number of aromatic nitrogens is 2. The molecule has 0 spiro atoms. The second kappa shape index (κ2) is 10.3. The number of piperazine rings is 1. The Morgan fingerprint density at radius 2 is 1.86 bits per heavy atom. The van der Waals surface area contributed by atoms with Gasteiger partial charge in [0.25, 0.3) is 0 Å².